The van der Waals surface area contributed by atoms with E-state index in [4.69, 9.17) is 9.47 Å². The lowest BCUT2D eigenvalue weighted by Crippen LogP contribution is -2.10. The fourth-order valence-electron chi connectivity index (χ4n) is 3.05. The summed E-state index contributed by atoms with van der Waals surface area (Å²) in [4.78, 5) is 23.3. The second-order valence-corrected chi connectivity index (χ2v) is 6.84. The third kappa shape index (κ3) is 4.17. The van der Waals surface area contributed by atoms with Crippen LogP contribution in [0.25, 0.3) is 11.1 Å². The van der Waals surface area contributed by atoms with Gasteiger partial charge in [-0.05, 0) is 66.6 Å². The minimum absolute atomic E-state index is 0.238. The van der Waals surface area contributed by atoms with Gasteiger partial charge in [0.2, 0.25) is 0 Å². The van der Waals surface area contributed by atoms with Crippen molar-refractivity contribution in [3.8, 4) is 16.9 Å². The van der Waals surface area contributed by atoms with Crippen LogP contribution in [0.5, 0.6) is 5.75 Å². The summed E-state index contributed by atoms with van der Waals surface area (Å²) in [5.74, 6) is -0.261. The summed E-state index contributed by atoms with van der Waals surface area (Å²) in [6, 6.07) is 11.8. The van der Waals surface area contributed by atoms with E-state index >= 15 is 0 Å². The standard InChI is InChI=1S/C23H22O4/c1-14(2)22(24)26-13-16-5-9-20-17(11-16)6-7-18-12-19(8-10-21(18)20)27-23(25)15(3)4/h5,8-12H,1,3,6-7,13H2,2,4H3. The lowest BCUT2D eigenvalue weighted by molar-refractivity contribution is -0.140. The average Bonchev–Trinajstić information content (AvgIpc) is 2.65. The Bertz CT molecular complexity index is 953. The summed E-state index contributed by atoms with van der Waals surface area (Å²) in [7, 11) is 0. The van der Waals surface area contributed by atoms with Crippen molar-refractivity contribution in [2.75, 3.05) is 0 Å². The molecule has 1 aliphatic carbocycles. The number of carbonyl (C=O) groups excluding carboxylic acids is 2. The van der Waals surface area contributed by atoms with E-state index in [-0.39, 0.29) is 12.6 Å². The van der Waals surface area contributed by atoms with Crippen LogP contribution < -0.4 is 4.74 Å². The average molecular weight is 362 g/mol. The van der Waals surface area contributed by atoms with Crippen LogP contribution in [-0.2, 0) is 33.8 Å². The van der Waals surface area contributed by atoms with Crippen LogP contribution in [0.2, 0.25) is 0 Å². The van der Waals surface area contributed by atoms with Crippen LogP contribution in [0.1, 0.15) is 30.5 Å². The molecular formula is C23H22O4. The molecule has 3 rings (SSSR count). The zero-order chi connectivity index (χ0) is 19.6. The monoisotopic (exact) mass is 362 g/mol. The van der Waals surface area contributed by atoms with Crippen molar-refractivity contribution in [3.63, 3.8) is 0 Å². The van der Waals surface area contributed by atoms with Gasteiger partial charge >= 0.3 is 11.9 Å². The number of esters is 2. The first-order chi connectivity index (χ1) is 12.8. The van der Waals surface area contributed by atoms with Gasteiger partial charge < -0.3 is 9.47 Å². The Morgan fingerprint density at radius 2 is 1.48 bits per heavy atom. The molecule has 0 bridgehead atoms. The molecule has 0 N–H and O–H groups in total. The van der Waals surface area contributed by atoms with Gasteiger partial charge in [-0.25, -0.2) is 9.59 Å². The highest BCUT2D eigenvalue weighted by Gasteiger charge is 2.18. The van der Waals surface area contributed by atoms with E-state index < -0.39 is 5.97 Å². The number of fused-ring (bicyclic) bond motifs is 3. The Morgan fingerprint density at radius 1 is 0.889 bits per heavy atom. The molecule has 2 aromatic rings. The maximum atomic E-state index is 11.7. The van der Waals surface area contributed by atoms with Crippen LogP contribution >= 0.6 is 0 Å². The lowest BCUT2D eigenvalue weighted by atomic mass is 9.85. The first-order valence-electron chi connectivity index (χ1n) is 8.80. The smallest absolute Gasteiger partial charge is 0.338 e. The summed E-state index contributed by atoms with van der Waals surface area (Å²) < 4.78 is 10.6. The lowest BCUT2D eigenvalue weighted by Gasteiger charge is -2.21. The molecule has 0 aromatic heterocycles. The minimum Gasteiger partial charge on any atom is -0.457 e. The molecule has 0 aliphatic heterocycles. The van der Waals surface area contributed by atoms with Crippen LogP contribution in [0, 0.1) is 0 Å². The van der Waals surface area contributed by atoms with Gasteiger partial charge in [-0.3, -0.25) is 0 Å². The van der Waals surface area contributed by atoms with Gasteiger partial charge in [0.25, 0.3) is 0 Å². The zero-order valence-electron chi connectivity index (χ0n) is 15.6. The Hall–Kier alpha value is -3.14. The van der Waals surface area contributed by atoms with Crippen molar-refractivity contribution < 1.29 is 19.1 Å². The fraction of sp³-hybridized carbons (Fsp3) is 0.217. The van der Waals surface area contributed by atoms with E-state index in [1.54, 1.807) is 19.9 Å². The zero-order valence-corrected chi connectivity index (χ0v) is 15.6. The van der Waals surface area contributed by atoms with Crippen LogP contribution in [-0.4, -0.2) is 11.9 Å². The first kappa shape index (κ1) is 18.6. The predicted octanol–water partition coefficient (Wildman–Crippen LogP) is 4.55. The maximum absolute atomic E-state index is 11.7. The Kier molecular flexibility index (Phi) is 5.26. The minimum atomic E-state index is -0.417. The number of benzene rings is 2. The molecule has 0 amide bonds. The third-order valence-corrected chi connectivity index (χ3v) is 4.48. The molecule has 27 heavy (non-hydrogen) atoms. The highest BCUT2D eigenvalue weighted by molar-refractivity contribution is 5.89. The highest BCUT2D eigenvalue weighted by Crippen LogP contribution is 2.36. The summed E-state index contributed by atoms with van der Waals surface area (Å²) >= 11 is 0. The van der Waals surface area contributed by atoms with E-state index in [0.717, 1.165) is 35.1 Å². The highest BCUT2D eigenvalue weighted by atomic mass is 16.5. The molecule has 4 heteroatoms. The molecule has 0 unspecified atom stereocenters. The molecule has 1 aliphatic rings. The van der Waals surface area contributed by atoms with Crippen molar-refractivity contribution in [3.05, 3.63) is 77.4 Å². The number of aryl methyl sites for hydroxylation is 2. The van der Waals surface area contributed by atoms with Gasteiger partial charge in [-0.1, -0.05) is 37.4 Å². The second kappa shape index (κ2) is 7.62. The van der Waals surface area contributed by atoms with Crippen LogP contribution in [0.15, 0.2) is 60.7 Å². The fourth-order valence-corrected chi connectivity index (χ4v) is 3.05. The van der Waals surface area contributed by atoms with Gasteiger partial charge in [-0.2, -0.15) is 0 Å². The molecule has 0 atom stereocenters. The summed E-state index contributed by atoms with van der Waals surface area (Å²) in [6.45, 7) is 10.7. The van der Waals surface area contributed by atoms with Crippen molar-refractivity contribution in [2.24, 2.45) is 0 Å². The predicted molar refractivity (Wildman–Crippen MR) is 104 cm³/mol. The van der Waals surface area contributed by atoms with Gasteiger partial charge in [0, 0.05) is 11.1 Å². The summed E-state index contributed by atoms with van der Waals surface area (Å²) in [5, 5.41) is 0. The Morgan fingerprint density at radius 3 is 2.11 bits per heavy atom. The normalized spacial score (nSPS) is 11.8. The van der Waals surface area contributed by atoms with Crippen LogP contribution in [0.4, 0.5) is 0 Å². The number of ether oxygens (including phenoxy) is 2. The van der Waals surface area contributed by atoms with Crippen molar-refractivity contribution in [1.82, 2.24) is 0 Å². The van der Waals surface area contributed by atoms with Crippen molar-refractivity contribution in [2.45, 2.75) is 33.3 Å². The number of hydrogen-bond donors (Lipinski definition) is 0. The molecule has 0 spiro atoms. The molecule has 0 saturated carbocycles. The van der Waals surface area contributed by atoms with E-state index in [1.807, 2.05) is 18.2 Å². The molecular weight excluding hydrogens is 340 g/mol. The maximum Gasteiger partial charge on any atom is 0.338 e. The molecule has 0 saturated heterocycles. The topological polar surface area (TPSA) is 52.6 Å². The SMILES string of the molecule is C=C(C)C(=O)OCc1ccc2c(c1)CCc1cc(OC(=O)C(=C)C)ccc1-2. The number of carbonyl (C=O) groups is 2. The molecule has 138 valence electrons. The Labute approximate surface area is 159 Å². The van der Waals surface area contributed by atoms with Crippen molar-refractivity contribution in [1.29, 1.82) is 0 Å². The second-order valence-electron chi connectivity index (χ2n) is 6.84. The third-order valence-electron chi connectivity index (χ3n) is 4.48. The van der Waals surface area contributed by atoms with E-state index in [2.05, 4.69) is 25.3 Å². The number of hydrogen-bond acceptors (Lipinski definition) is 4. The van der Waals surface area contributed by atoms with E-state index in [1.165, 1.54) is 5.56 Å². The molecule has 0 radical (unpaired) electrons. The molecule has 2 aromatic carbocycles. The van der Waals surface area contributed by atoms with E-state index in [0.29, 0.717) is 16.9 Å². The Balaban J connectivity index is 1.80. The summed E-state index contributed by atoms with van der Waals surface area (Å²) in [5.41, 5.74) is 6.39. The first-order valence-corrected chi connectivity index (χ1v) is 8.80. The van der Waals surface area contributed by atoms with Gasteiger partial charge in [0.15, 0.2) is 0 Å². The molecule has 0 heterocycles. The van der Waals surface area contributed by atoms with Crippen LogP contribution in [0.3, 0.4) is 0 Å². The molecule has 0 fully saturated rings. The van der Waals surface area contributed by atoms with Gasteiger partial charge in [-0.15, -0.1) is 0 Å². The van der Waals surface area contributed by atoms with Crippen molar-refractivity contribution >= 4 is 11.9 Å². The van der Waals surface area contributed by atoms with Gasteiger partial charge in [0.05, 0.1) is 0 Å². The largest absolute Gasteiger partial charge is 0.457 e. The quantitative estimate of drug-likeness (QED) is 0.445. The molecule has 4 nitrogen and oxygen atoms in total. The van der Waals surface area contributed by atoms with Gasteiger partial charge in [0.1, 0.15) is 12.4 Å². The van der Waals surface area contributed by atoms with E-state index in [9.17, 15) is 9.59 Å². The number of rotatable bonds is 5. The summed E-state index contributed by atoms with van der Waals surface area (Å²) in [6.07, 6.45) is 1.73.